The summed E-state index contributed by atoms with van der Waals surface area (Å²) in [6.07, 6.45) is 0.667. The van der Waals surface area contributed by atoms with Crippen molar-refractivity contribution in [2.24, 2.45) is 0 Å². The lowest BCUT2D eigenvalue weighted by atomic mass is 10.4. The number of hydrogen-bond donors (Lipinski definition) is 4. The molecule has 0 aliphatic rings. The molecule has 0 rings (SSSR count). The highest BCUT2D eigenvalue weighted by Gasteiger charge is 2.00. The van der Waals surface area contributed by atoms with Gasteiger partial charge in [0, 0.05) is 6.42 Å². The largest absolute Gasteiger partial charge is 0.513 e. The van der Waals surface area contributed by atoms with Crippen LogP contribution in [0.4, 0.5) is 0 Å². The summed E-state index contributed by atoms with van der Waals surface area (Å²) in [5, 5.41) is 8.17. The molecule has 5 nitrogen and oxygen atoms in total. The minimum absolute atomic E-state index is 0.255. The van der Waals surface area contributed by atoms with E-state index < -0.39 is 7.82 Å². The highest BCUT2D eigenvalue weighted by atomic mass is 31.2. The summed E-state index contributed by atoms with van der Waals surface area (Å²) >= 11 is 0. The second-order valence-corrected chi connectivity index (χ2v) is 2.46. The molecule has 6 heteroatoms. The fraction of sp³-hybridized carbons (Fsp3) is 0.500. The molecule has 0 heterocycles. The van der Waals surface area contributed by atoms with E-state index in [0.717, 1.165) is 0 Å². The first-order chi connectivity index (χ1) is 4.27. The van der Waals surface area contributed by atoms with Gasteiger partial charge in [-0.15, -0.1) is 0 Å². The lowest BCUT2D eigenvalue weighted by molar-refractivity contribution is 0.275. The molecule has 0 saturated carbocycles. The molecule has 0 atom stereocenters. The predicted molar refractivity (Wildman–Crippen MR) is 36.3 cm³/mol. The summed E-state index contributed by atoms with van der Waals surface area (Å²) in [4.78, 5) is 21.6. The van der Waals surface area contributed by atoms with Gasteiger partial charge in [-0.3, -0.25) is 0 Å². The van der Waals surface area contributed by atoms with Gasteiger partial charge in [0.15, 0.2) is 0 Å². The Kier molecular flexibility index (Phi) is 6.71. The van der Waals surface area contributed by atoms with E-state index >= 15 is 0 Å². The van der Waals surface area contributed by atoms with E-state index in [2.05, 4.69) is 6.58 Å². The van der Waals surface area contributed by atoms with Crippen molar-refractivity contribution in [3.8, 4) is 0 Å². The zero-order valence-corrected chi connectivity index (χ0v) is 6.45. The first-order valence-electron chi connectivity index (χ1n) is 2.42. The maximum atomic E-state index is 8.88. The van der Waals surface area contributed by atoms with Gasteiger partial charge in [-0.25, -0.2) is 4.57 Å². The van der Waals surface area contributed by atoms with E-state index in [4.69, 9.17) is 24.4 Å². The number of hydrogen-bond acceptors (Lipinski definition) is 2. The number of allylic oxidation sites excluding steroid dienone is 1. The normalized spacial score (nSPS) is 9.60. The molecular weight excluding hydrogens is 159 g/mol. The van der Waals surface area contributed by atoms with Crippen molar-refractivity contribution in [1.29, 1.82) is 0 Å². The Hall–Kier alpha value is -0.350. The van der Waals surface area contributed by atoms with Gasteiger partial charge in [0.25, 0.3) is 0 Å². The molecule has 0 unspecified atom stereocenters. The Morgan fingerprint density at radius 1 is 1.50 bits per heavy atom. The fourth-order valence-corrected chi connectivity index (χ4v) is 0. The summed E-state index contributed by atoms with van der Waals surface area (Å²) in [7, 11) is -4.64. The van der Waals surface area contributed by atoms with Gasteiger partial charge in [0.2, 0.25) is 0 Å². The van der Waals surface area contributed by atoms with Crippen LogP contribution in [0.1, 0.15) is 13.3 Å². The summed E-state index contributed by atoms with van der Waals surface area (Å²) in [6, 6.07) is 0. The first-order valence-corrected chi connectivity index (χ1v) is 3.99. The van der Waals surface area contributed by atoms with Gasteiger partial charge < -0.3 is 19.8 Å². The van der Waals surface area contributed by atoms with Crippen LogP contribution in [0.15, 0.2) is 12.3 Å². The molecule has 0 aliphatic carbocycles. The molecule has 62 valence electrons. The van der Waals surface area contributed by atoms with E-state index in [1.807, 2.05) is 6.92 Å². The van der Waals surface area contributed by atoms with Crippen LogP contribution in [0, 0.1) is 0 Å². The molecule has 0 aromatic rings. The zero-order chi connectivity index (χ0) is 8.78. The molecule has 4 N–H and O–H groups in total. The van der Waals surface area contributed by atoms with Crippen LogP contribution in [-0.2, 0) is 4.57 Å². The Morgan fingerprint density at radius 3 is 1.60 bits per heavy atom. The third-order valence-corrected chi connectivity index (χ3v) is 0.408. The van der Waals surface area contributed by atoms with Crippen molar-refractivity contribution in [3.05, 3.63) is 12.3 Å². The molecule has 10 heavy (non-hydrogen) atoms. The van der Waals surface area contributed by atoms with Crippen LogP contribution in [-0.4, -0.2) is 19.8 Å². The smallest absolute Gasteiger partial charge is 0.466 e. The van der Waals surface area contributed by atoms with Gasteiger partial charge in [-0.2, -0.15) is 0 Å². The fourth-order valence-electron chi connectivity index (χ4n) is 0. The molecule has 0 aromatic carbocycles. The first kappa shape index (κ1) is 12.3. The number of aliphatic hydroxyl groups excluding tert-OH is 1. The molecular formula is C4H11O5P. The quantitative estimate of drug-likeness (QED) is 0.340. The van der Waals surface area contributed by atoms with Crippen LogP contribution in [0.5, 0.6) is 0 Å². The van der Waals surface area contributed by atoms with Crippen LogP contribution in [0.2, 0.25) is 0 Å². The predicted octanol–water partition coefficient (Wildman–Crippen LogP) is 0.539. The van der Waals surface area contributed by atoms with Crippen molar-refractivity contribution in [1.82, 2.24) is 0 Å². The number of rotatable bonds is 1. The summed E-state index contributed by atoms with van der Waals surface area (Å²) < 4.78 is 8.88. The number of aliphatic hydroxyl groups is 1. The molecule has 0 spiro atoms. The standard InChI is InChI=1S/C4H8O.H3O4P/c1-3-4(2)5;1-5(2,3)4/h5H,2-3H2,1H3;(H3,1,2,3,4). The molecule has 0 radical (unpaired) electrons. The lowest BCUT2D eigenvalue weighted by Gasteiger charge is -1.82. The maximum absolute atomic E-state index is 8.88. The third kappa shape index (κ3) is 124. The molecule has 0 fully saturated rings. The monoisotopic (exact) mass is 170 g/mol. The summed E-state index contributed by atoms with van der Waals surface area (Å²) in [5.41, 5.74) is 0. The molecule has 0 bridgehead atoms. The Balaban J connectivity index is 0. The highest BCUT2D eigenvalue weighted by molar-refractivity contribution is 7.45. The zero-order valence-electron chi connectivity index (χ0n) is 5.56. The van der Waals surface area contributed by atoms with Gasteiger partial charge in [0.05, 0.1) is 5.76 Å². The van der Waals surface area contributed by atoms with E-state index in [1.165, 1.54) is 0 Å². The topological polar surface area (TPSA) is 98.0 Å². The summed E-state index contributed by atoms with van der Waals surface area (Å²) in [6.45, 7) is 5.08. The minimum atomic E-state index is -4.64. The second kappa shape index (κ2) is 5.44. The Labute approximate surface area is 58.9 Å². The Morgan fingerprint density at radius 2 is 1.60 bits per heavy atom. The molecule has 0 amide bonds. The molecule has 0 aliphatic heterocycles. The van der Waals surface area contributed by atoms with Gasteiger partial charge in [0.1, 0.15) is 0 Å². The van der Waals surface area contributed by atoms with Crippen molar-refractivity contribution in [2.75, 3.05) is 0 Å². The molecule has 0 saturated heterocycles. The van der Waals surface area contributed by atoms with Crippen molar-refractivity contribution >= 4 is 7.82 Å². The van der Waals surface area contributed by atoms with Gasteiger partial charge >= 0.3 is 7.82 Å². The van der Waals surface area contributed by atoms with Crippen LogP contribution >= 0.6 is 7.82 Å². The van der Waals surface area contributed by atoms with E-state index in [0.29, 0.717) is 6.42 Å². The van der Waals surface area contributed by atoms with Crippen molar-refractivity contribution < 1.29 is 24.4 Å². The lowest BCUT2D eigenvalue weighted by Crippen LogP contribution is -1.66. The van der Waals surface area contributed by atoms with E-state index in [1.54, 1.807) is 0 Å². The average molecular weight is 170 g/mol. The third-order valence-electron chi connectivity index (χ3n) is 0.408. The second-order valence-electron chi connectivity index (χ2n) is 1.43. The van der Waals surface area contributed by atoms with Crippen LogP contribution < -0.4 is 0 Å². The van der Waals surface area contributed by atoms with Crippen LogP contribution in [0.25, 0.3) is 0 Å². The van der Waals surface area contributed by atoms with Gasteiger partial charge in [-0.1, -0.05) is 13.5 Å². The summed E-state index contributed by atoms with van der Waals surface area (Å²) in [5.74, 6) is 0.255. The highest BCUT2D eigenvalue weighted by Crippen LogP contribution is 2.25. The van der Waals surface area contributed by atoms with Crippen molar-refractivity contribution in [3.63, 3.8) is 0 Å². The SMILES string of the molecule is C=C(O)CC.O=P(O)(O)O. The van der Waals surface area contributed by atoms with E-state index in [9.17, 15) is 0 Å². The average Bonchev–Trinajstić information content (AvgIpc) is 1.61. The molecule has 0 aromatic heterocycles. The van der Waals surface area contributed by atoms with Crippen molar-refractivity contribution in [2.45, 2.75) is 13.3 Å². The van der Waals surface area contributed by atoms with Crippen LogP contribution in [0.3, 0.4) is 0 Å². The minimum Gasteiger partial charge on any atom is -0.513 e. The van der Waals surface area contributed by atoms with Gasteiger partial charge in [-0.05, 0) is 0 Å². The Bertz CT molecular complexity index is 128. The maximum Gasteiger partial charge on any atom is 0.466 e. The number of phosphoric acid groups is 1. The van der Waals surface area contributed by atoms with E-state index in [-0.39, 0.29) is 5.76 Å².